The Morgan fingerprint density at radius 2 is 1.77 bits per heavy atom. The van der Waals surface area contributed by atoms with Gasteiger partial charge in [0.1, 0.15) is 4.90 Å². The van der Waals surface area contributed by atoms with Crippen molar-refractivity contribution in [1.29, 1.82) is 0 Å². The minimum Gasteiger partial charge on any atom is -0.504 e. The molecule has 4 N–H and O–H groups in total. The predicted molar refractivity (Wildman–Crippen MR) is 116 cm³/mol. The van der Waals surface area contributed by atoms with Crippen molar-refractivity contribution in [2.24, 2.45) is 5.10 Å². The fourth-order valence-electron chi connectivity index (χ4n) is 2.49. The Balaban J connectivity index is 1.95. The molecule has 0 radical (unpaired) electrons. The zero-order valence-electron chi connectivity index (χ0n) is 15.6. The summed E-state index contributed by atoms with van der Waals surface area (Å²) in [5.74, 6) is -0.760. The smallest absolute Gasteiger partial charge is 0.270 e. The van der Waals surface area contributed by atoms with E-state index >= 15 is 0 Å². The van der Waals surface area contributed by atoms with E-state index in [9.17, 15) is 28.7 Å². The molecule has 0 heterocycles. The summed E-state index contributed by atoms with van der Waals surface area (Å²) in [5.41, 5.74) is 2.37. The standard InChI is InChI=1S/C19H15ClN4O6S/c20-13-4-6-14(7-5-13)23-31(29,30)18-10-15(24(27)28)8-9-16(18)22-21-11-12-2-1-3-17(25)19(12)26/h1-11,22-23,25-26H. The number of hydrogen-bond acceptors (Lipinski definition) is 8. The van der Waals surface area contributed by atoms with Crippen molar-refractivity contribution >= 4 is 44.9 Å². The molecule has 0 saturated carbocycles. The van der Waals surface area contributed by atoms with Gasteiger partial charge >= 0.3 is 0 Å². The number of sulfonamides is 1. The number of phenolic OH excluding ortho intramolecular Hbond substituents is 2. The molecule has 160 valence electrons. The summed E-state index contributed by atoms with van der Waals surface area (Å²) in [4.78, 5) is 9.98. The van der Waals surface area contributed by atoms with Crippen LogP contribution in [0.15, 0.2) is 70.7 Å². The zero-order valence-corrected chi connectivity index (χ0v) is 17.1. The molecule has 0 spiro atoms. The van der Waals surface area contributed by atoms with E-state index in [0.29, 0.717) is 5.02 Å². The first kappa shape index (κ1) is 21.9. The average molecular weight is 463 g/mol. The Morgan fingerprint density at radius 1 is 1.06 bits per heavy atom. The van der Waals surface area contributed by atoms with Crippen LogP contribution in [0.25, 0.3) is 0 Å². The van der Waals surface area contributed by atoms with Gasteiger partial charge in [0.15, 0.2) is 11.5 Å². The number of rotatable bonds is 7. The lowest BCUT2D eigenvalue weighted by atomic mass is 10.2. The van der Waals surface area contributed by atoms with E-state index in [0.717, 1.165) is 18.3 Å². The van der Waals surface area contributed by atoms with Crippen LogP contribution in [-0.2, 0) is 10.0 Å². The lowest BCUT2D eigenvalue weighted by molar-refractivity contribution is -0.385. The average Bonchev–Trinajstić information content (AvgIpc) is 2.72. The van der Waals surface area contributed by atoms with Gasteiger partial charge in [-0.05, 0) is 42.5 Å². The van der Waals surface area contributed by atoms with Crippen molar-refractivity contribution in [2.75, 3.05) is 10.1 Å². The van der Waals surface area contributed by atoms with Gasteiger partial charge in [0.05, 0.1) is 16.8 Å². The largest absolute Gasteiger partial charge is 0.504 e. The van der Waals surface area contributed by atoms with Crippen LogP contribution < -0.4 is 10.1 Å². The first-order valence-corrected chi connectivity index (χ1v) is 10.4. The van der Waals surface area contributed by atoms with E-state index < -0.39 is 31.3 Å². The topological polar surface area (TPSA) is 154 Å². The van der Waals surface area contributed by atoms with Gasteiger partial charge in [0.2, 0.25) is 0 Å². The quantitative estimate of drug-likeness (QED) is 0.179. The highest BCUT2D eigenvalue weighted by atomic mass is 35.5. The zero-order chi connectivity index (χ0) is 22.6. The maximum Gasteiger partial charge on any atom is 0.270 e. The third-order valence-corrected chi connectivity index (χ3v) is 5.67. The van der Waals surface area contributed by atoms with Gasteiger partial charge in [0, 0.05) is 28.4 Å². The Bertz CT molecular complexity index is 1260. The minimum absolute atomic E-state index is 0.0528. The number of non-ortho nitro benzene ring substituents is 1. The highest BCUT2D eigenvalue weighted by Crippen LogP contribution is 2.29. The molecule has 12 heteroatoms. The van der Waals surface area contributed by atoms with Gasteiger partial charge in [-0.3, -0.25) is 20.3 Å². The van der Waals surface area contributed by atoms with Crippen LogP contribution in [0.4, 0.5) is 17.1 Å². The summed E-state index contributed by atoms with van der Waals surface area (Å²) >= 11 is 5.80. The van der Waals surface area contributed by atoms with Gasteiger partial charge < -0.3 is 10.2 Å². The van der Waals surface area contributed by atoms with Gasteiger partial charge in [-0.2, -0.15) is 5.10 Å². The number of aromatic hydroxyl groups is 2. The summed E-state index contributed by atoms with van der Waals surface area (Å²) in [6, 6.07) is 13.3. The maximum atomic E-state index is 12.9. The van der Waals surface area contributed by atoms with Crippen LogP contribution in [0.5, 0.6) is 11.5 Å². The number of nitrogens with zero attached hydrogens (tertiary/aromatic N) is 2. The van der Waals surface area contributed by atoms with Gasteiger partial charge in [-0.25, -0.2) is 8.42 Å². The summed E-state index contributed by atoms with van der Waals surface area (Å²) in [7, 11) is -4.25. The maximum absolute atomic E-state index is 12.9. The first-order chi connectivity index (χ1) is 14.7. The Morgan fingerprint density at radius 3 is 2.45 bits per heavy atom. The SMILES string of the molecule is O=[N+]([O-])c1ccc(NN=Cc2cccc(O)c2O)c(S(=O)(=O)Nc2ccc(Cl)cc2)c1. The number of nitro groups is 1. The third kappa shape index (κ3) is 5.21. The molecule has 0 aliphatic heterocycles. The van der Waals surface area contributed by atoms with Crippen molar-refractivity contribution < 1.29 is 23.6 Å². The second-order valence-corrected chi connectivity index (χ2v) is 8.22. The second-order valence-electron chi connectivity index (χ2n) is 6.13. The van der Waals surface area contributed by atoms with Crippen LogP contribution in [0.2, 0.25) is 5.02 Å². The lowest BCUT2D eigenvalue weighted by Gasteiger charge is -2.12. The fourth-order valence-corrected chi connectivity index (χ4v) is 3.85. The van der Waals surface area contributed by atoms with E-state index in [2.05, 4.69) is 15.2 Å². The molecular formula is C19H15ClN4O6S. The number of hydrogen-bond donors (Lipinski definition) is 4. The van der Waals surface area contributed by atoms with Crippen molar-refractivity contribution in [3.63, 3.8) is 0 Å². The normalized spacial score (nSPS) is 11.4. The Hall–Kier alpha value is -3.83. The number of phenols is 2. The van der Waals surface area contributed by atoms with Crippen molar-refractivity contribution in [2.45, 2.75) is 4.90 Å². The molecule has 10 nitrogen and oxygen atoms in total. The van der Waals surface area contributed by atoms with Crippen LogP contribution in [0.3, 0.4) is 0 Å². The van der Waals surface area contributed by atoms with Crippen LogP contribution in [0.1, 0.15) is 5.56 Å². The van der Waals surface area contributed by atoms with Crippen molar-refractivity contribution in [1.82, 2.24) is 0 Å². The summed E-state index contributed by atoms with van der Waals surface area (Å²) in [5, 5.41) is 34.7. The highest BCUT2D eigenvalue weighted by Gasteiger charge is 2.22. The van der Waals surface area contributed by atoms with E-state index in [4.69, 9.17) is 11.6 Å². The molecule has 0 fully saturated rings. The van der Waals surface area contributed by atoms with Crippen molar-refractivity contribution in [3.8, 4) is 11.5 Å². The van der Waals surface area contributed by atoms with E-state index in [1.54, 1.807) is 0 Å². The highest BCUT2D eigenvalue weighted by molar-refractivity contribution is 7.92. The molecule has 3 aromatic rings. The van der Waals surface area contributed by atoms with Gasteiger partial charge in [-0.15, -0.1) is 0 Å². The Labute approximate surface area is 181 Å². The number of anilines is 2. The monoisotopic (exact) mass is 462 g/mol. The number of nitrogens with one attached hydrogen (secondary N) is 2. The molecule has 0 atom stereocenters. The Kier molecular flexibility index (Phi) is 6.28. The minimum atomic E-state index is -4.25. The fraction of sp³-hybridized carbons (Fsp3) is 0. The third-order valence-electron chi connectivity index (χ3n) is 4.00. The number of hydrazone groups is 1. The molecule has 0 saturated heterocycles. The predicted octanol–water partition coefficient (Wildman–Crippen LogP) is 3.91. The van der Waals surface area contributed by atoms with E-state index in [1.165, 1.54) is 48.5 Å². The lowest BCUT2D eigenvalue weighted by Crippen LogP contribution is -2.15. The molecule has 0 aliphatic carbocycles. The first-order valence-electron chi connectivity index (χ1n) is 8.54. The second kappa shape index (κ2) is 8.90. The molecule has 0 amide bonds. The van der Waals surface area contributed by atoms with Crippen LogP contribution in [0, 0.1) is 10.1 Å². The molecular weight excluding hydrogens is 448 g/mol. The number of nitro benzene ring substituents is 1. The molecule has 0 aromatic heterocycles. The number of benzene rings is 3. The van der Waals surface area contributed by atoms with Gasteiger partial charge in [-0.1, -0.05) is 17.7 Å². The molecule has 0 unspecified atom stereocenters. The van der Waals surface area contributed by atoms with Crippen LogP contribution >= 0.6 is 11.6 Å². The van der Waals surface area contributed by atoms with E-state index in [1.807, 2.05) is 0 Å². The van der Waals surface area contributed by atoms with Gasteiger partial charge in [0.25, 0.3) is 15.7 Å². The molecule has 3 aromatic carbocycles. The number of halogens is 1. The summed E-state index contributed by atoms with van der Waals surface area (Å²) in [6.45, 7) is 0. The molecule has 3 rings (SSSR count). The summed E-state index contributed by atoms with van der Waals surface area (Å²) in [6.07, 6.45) is 1.15. The molecule has 31 heavy (non-hydrogen) atoms. The molecule has 0 bridgehead atoms. The van der Waals surface area contributed by atoms with Crippen LogP contribution in [-0.4, -0.2) is 29.8 Å². The summed E-state index contributed by atoms with van der Waals surface area (Å²) < 4.78 is 28.1. The number of para-hydroxylation sites is 1. The molecule has 0 aliphatic rings. The van der Waals surface area contributed by atoms with Crippen molar-refractivity contribution in [3.05, 3.63) is 81.4 Å². The van der Waals surface area contributed by atoms with E-state index in [-0.39, 0.29) is 22.7 Å².